The first-order valence-electron chi connectivity index (χ1n) is 15.7. The van der Waals surface area contributed by atoms with E-state index in [4.69, 9.17) is 4.74 Å². The van der Waals surface area contributed by atoms with E-state index in [-0.39, 0.29) is 41.1 Å². The molecule has 1 heterocycles. The molecule has 0 aliphatic carbocycles. The SMILES string of the molecule is C[C@H](CO)N1C[C@H](C)[C@@H](CN(C)Cc2ccc(-c3ccccc3)cc2)Oc2c(NC(=O)Nc3ccc(C(F)(F)F)cc3)cccc2C1=O. The average molecular weight is 661 g/mol. The Labute approximate surface area is 278 Å². The van der Waals surface area contributed by atoms with Crippen LogP contribution in [0.3, 0.4) is 0 Å². The van der Waals surface area contributed by atoms with E-state index in [2.05, 4.69) is 51.9 Å². The van der Waals surface area contributed by atoms with Gasteiger partial charge in [-0.25, -0.2) is 4.79 Å². The lowest BCUT2D eigenvalue weighted by Crippen LogP contribution is -2.49. The number of carbonyl (C=O) groups excluding carboxylic acids is 2. The average Bonchev–Trinajstić information content (AvgIpc) is 3.07. The highest BCUT2D eigenvalue weighted by atomic mass is 19.4. The molecule has 0 radical (unpaired) electrons. The van der Waals surface area contributed by atoms with E-state index in [1.54, 1.807) is 30.0 Å². The molecule has 0 aromatic heterocycles. The van der Waals surface area contributed by atoms with Crippen LogP contribution in [0.2, 0.25) is 0 Å². The number of benzene rings is 4. The summed E-state index contributed by atoms with van der Waals surface area (Å²) in [6.45, 7) is 4.99. The monoisotopic (exact) mass is 660 g/mol. The summed E-state index contributed by atoms with van der Waals surface area (Å²) in [7, 11) is 1.99. The molecule has 3 atom stereocenters. The van der Waals surface area contributed by atoms with Gasteiger partial charge in [0.25, 0.3) is 5.91 Å². The fourth-order valence-corrected chi connectivity index (χ4v) is 5.70. The van der Waals surface area contributed by atoms with Gasteiger partial charge in [-0.2, -0.15) is 13.2 Å². The van der Waals surface area contributed by atoms with Crippen LogP contribution in [-0.4, -0.2) is 65.7 Å². The van der Waals surface area contributed by atoms with Gasteiger partial charge in [0, 0.05) is 31.2 Å². The van der Waals surface area contributed by atoms with Crippen molar-refractivity contribution in [3.8, 4) is 16.9 Å². The predicted octanol–water partition coefficient (Wildman–Crippen LogP) is 7.37. The van der Waals surface area contributed by atoms with Crippen LogP contribution in [0, 0.1) is 5.92 Å². The van der Waals surface area contributed by atoms with Crippen molar-refractivity contribution in [3.63, 3.8) is 0 Å². The van der Waals surface area contributed by atoms with Gasteiger partial charge in [0.2, 0.25) is 0 Å². The second-order valence-corrected chi connectivity index (χ2v) is 12.2. The van der Waals surface area contributed by atoms with Crippen molar-refractivity contribution in [2.45, 2.75) is 38.7 Å². The number of urea groups is 1. The number of alkyl halides is 3. The Morgan fingerprint density at radius 2 is 1.62 bits per heavy atom. The first-order valence-corrected chi connectivity index (χ1v) is 15.7. The number of amides is 3. The normalized spacial score (nSPS) is 17.2. The topological polar surface area (TPSA) is 94.1 Å². The van der Waals surface area contributed by atoms with Crippen LogP contribution in [0.4, 0.5) is 29.3 Å². The Hall–Kier alpha value is -4.87. The van der Waals surface area contributed by atoms with E-state index in [0.717, 1.165) is 41.0 Å². The molecule has 4 aromatic carbocycles. The highest BCUT2D eigenvalue weighted by Gasteiger charge is 2.35. The number of hydrogen-bond acceptors (Lipinski definition) is 5. The molecule has 5 rings (SSSR count). The number of anilines is 2. The molecule has 1 aliphatic heterocycles. The summed E-state index contributed by atoms with van der Waals surface area (Å²) in [4.78, 5) is 30.5. The summed E-state index contributed by atoms with van der Waals surface area (Å²) in [6.07, 6.45) is -4.92. The summed E-state index contributed by atoms with van der Waals surface area (Å²) in [5.41, 5.74) is 3.15. The molecular formula is C37H39F3N4O4. The number of nitrogens with one attached hydrogen (secondary N) is 2. The van der Waals surface area contributed by atoms with Crippen LogP contribution in [0.5, 0.6) is 5.75 Å². The predicted molar refractivity (Wildman–Crippen MR) is 180 cm³/mol. The summed E-state index contributed by atoms with van der Waals surface area (Å²) in [5.74, 6) is -0.332. The summed E-state index contributed by atoms with van der Waals surface area (Å²) >= 11 is 0. The molecule has 0 saturated carbocycles. The number of aliphatic hydroxyl groups excluding tert-OH is 1. The molecule has 8 nitrogen and oxygen atoms in total. The van der Waals surface area contributed by atoms with Crippen LogP contribution >= 0.6 is 0 Å². The standard InChI is InChI=1S/C37H39F3N4O4/c1-24-20-44(25(2)23-45)35(46)31-10-7-11-32(42-36(47)41-30-18-16-29(17-19-30)37(38,39)40)34(31)48-33(24)22-43(3)21-26-12-14-28(15-13-26)27-8-5-4-6-9-27/h4-19,24-25,33,45H,20-23H2,1-3H3,(H2,41,42,47)/t24-,25+,33+/m0/s1. The highest BCUT2D eigenvalue weighted by molar-refractivity contribution is 6.04. The van der Waals surface area contributed by atoms with Gasteiger partial charge in [0.15, 0.2) is 5.75 Å². The lowest BCUT2D eigenvalue weighted by Gasteiger charge is -2.38. The minimum absolute atomic E-state index is 0.157. The number of likely N-dealkylation sites (N-methyl/N-ethyl adjacent to an activating group) is 1. The van der Waals surface area contributed by atoms with Crippen molar-refractivity contribution in [3.05, 3.63) is 114 Å². The first kappa shape index (κ1) is 34.5. The molecule has 4 aromatic rings. The van der Waals surface area contributed by atoms with Crippen LogP contribution in [0.25, 0.3) is 11.1 Å². The number of halogens is 3. The molecule has 3 N–H and O–H groups in total. The maximum Gasteiger partial charge on any atom is 0.416 e. The van der Waals surface area contributed by atoms with Gasteiger partial charge in [-0.3, -0.25) is 9.69 Å². The number of carbonyl (C=O) groups is 2. The maximum absolute atomic E-state index is 13.8. The van der Waals surface area contributed by atoms with Crippen molar-refractivity contribution in [2.75, 3.05) is 37.4 Å². The molecule has 0 bridgehead atoms. The van der Waals surface area contributed by atoms with Gasteiger partial charge in [0.1, 0.15) is 6.10 Å². The Kier molecular flexibility index (Phi) is 10.7. The lowest BCUT2D eigenvalue weighted by molar-refractivity contribution is -0.137. The number of para-hydroxylation sites is 1. The molecule has 0 unspecified atom stereocenters. The molecule has 0 spiro atoms. The number of nitrogens with zero attached hydrogens (tertiary/aromatic N) is 2. The number of rotatable bonds is 9. The van der Waals surface area contributed by atoms with Gasteiger partial charge in [-0.15, -0.1) is 0 Å². The van der Waals surface area contributed by atoms with Gasteiger partial charge >= 0.3 is 12.2 Å². The van der Waals surface area contributed by atoms with Gasteiger partial charge < -0.3 is 25.4 Å². The van der Waals surface area contributed by atoms with Gasteiger partial charge in [-0.1, -0.05) is 67.6 Å². The second kappa shape index (κ2) is 14.9. The maximum atomic E-state index is 13.8. The van der Waals surface area contributed by atoms with Crippen LogP contribution in [0.15, 0.2) is 97.1 Å². The molecule has 48 heavy (non-hydrogen) atoms. The van der Waals surface area contributed by atoms with E-state index >= 15 is 0 Å². The third kappa shape index (κ3) is 8.34. The van der Waals surface area contributed by atoms with Crippen molar-refractivity contribution in [1.29, 1.82) is 0 Å². The molecule has 252 valence electrons. The third-order valence-electron chi connectivity index (χ3n) is 8.41. The van der Waals surface area contributed by atoms with E-state index in [1.807, 2.05) is 32.2 Å². The lowest BCUT2D eigenvalue weighted by atomic mass is 9.98. The van der Waals surface area contributed by atoms with Crippen LogP contribution in [0.1, 0.15) is 35.3 Å². The fourth-order valence-electron chi connectivity index (χ4n) is 5.70. The summed E-state index contributed by atoms with van der Waals surface area (Å²) in [5, 5.41) is 15.2. The molecule has 0 saturated heterocycles. The van der Waals surface area contributed by atoms with Crippen LogP contribution < -0.4 is 15.4 Å². The summed E-state index contributed by atoms with van der Waals surface area (Å²) in [6, 6.07) is 26.2. The molecule has 0 fully saturated rings. The zero-order chi connectivity index (χ0) is 34.4. The Morgan fingerprint density at radius 3 is 2.27 bits per heavy atom. The van der Waals surface area contributed by atoms with E-state index in [0.29, 0.717) is 19.6 Å². The van der Waals surface area contributed by atoms with E-state index < -0.39 is 29.9 Å². The number of hydrogen-bond donors (Lipinski definition) is 3. The Morgan fingerprint density at radius 1 is 0.958 bits per heavy atom. The minimum Gasteiger partial charge on any atom is -0.486 e. The van der Waals surface area contributed by atoms with Crippen molar-refractivity contribution in [2.24, 2.45) is 5.92 Å². The highest BCUT2D eigenvalue weighted by Crippen LogP contribution is 2.35. The second-order valence-electron chi connectivity index (χ2n) is 12.2. The van der Waals surface area contributed by atoms with E-state index in [9.17, 15) is 27.9 Å². The smallest absolute Gasteiger partial charge is 0.416 e. The number of aliphatic hydroxyl groups is 1. The number of fused-ring (bicyclic) bond motifs is 1. The third-order valence-corrected chi connectivity index (χ3v) is 8.41. The van der Waals surface area contributed by atoms with E-state index in [1.165, 1.54) is 0 Å². The molecule has 3 amide bonds. The Bertz CT molecular complexity index is 1700. The van der Waals surface area contributed by atoms with Gasteiger partial charge in [0.05, 0.1) is 29.5 Å². The molecular weight excluding hydrogens is 621 g/mol. The van der Waals surface area contributed by atoms with Crippen LogP contribution in [-0.2, 0) is 12.7 Å². The zero-order valence-electron chi connectivity index (χ0n) is 27.0. The van der Waals surface area contributed by atoms with Crippen molar-refractivity contribution >= 4 is 23.3 Å². The Balaban J connectivity index is 1.36. The van der Waals surface area contributed by atoms with Gasteiger partial charge in [-0.05, 0) is 67.1 Å². The number of ether oxygens (including phenoxy) is 1. The quantitative estimate of drug-likeness (QED) is 0.174. The molecule has 1 aliphatic rings. The summed E-state index contributed by atoms with van der Waals surface area (Å²) < 4.78 is 45.5. The zero-order valence-corrected chi connectivity index (χ0v) is 27.0. The fraction of sp³-hybridized carbons (Fsp3) is 0.297. The first-order chi connectivity index (χ1) is 22.9. The van der Waals surface area contributed by atoms with Crippen molar-refractivity contribution < 1.29 is 32.6 Å². The van der Waals surface area contributed by atoms with Crippen molar-refractivity contribution in [1.82, 2.24) is 9.80 Å². The minimum atomic E-state index is -4.50. The molecule has 11 heteroatoms. The largest absolute Gasteiger partial charge is 0.486 e.